The minimum Gasteiger partial charge on any atom is -0.371 e. The monoisotopic (exact) mass is 787 g/mol. The van der Waals surface area contributed by atoms with Gasteiger partial charge in [0.2, 0.25) is 5.91 Å². The summed E-state index contributed by atoms with van der Waals surface area (Å²) in [6.07, 6.45) is 4.08. The predicted molar refractivity (Wildman–Crippen MR) is 210 cm³/mol. The number of nitrogens with one attached hydrogen (secondary N) is 1. The van der Waals surface area contributed by atoms with E-state index in [4.69, 9.17) is 10.1 Å². The molecule has 6 heterocycles. The molecule has 1 aromatic carbocycles. The Labute approximate surface area is 332 Å². The average molecular weight is 788 g/mol. The minimum atomic E-state index is -4.61. The quantitative estimate of drug-likeness (QED) is 0.264. The van der Waals surface area contributed by atoms with E-state index in [1.165, 1.54) is 12.1 Å². The van der Waals surface area contributed by atoms with Crippen LogP contribution in [0.25, 0.3) is 0 Å². The number of nitrogens with zero attached hydrogens (tertiary/aromatic N) is 8. The first-order valence-corrected chi connectivity index (χ1v) is 20.2. The molecular weight excluding hydrogens is 736 g/mol. The average Bonchev–Trinajstić information content (AvgIpc) is 3.23. The Kier molecular flexibility index (Phi) is 12.9. The third-order valence-electron chi connectivity index (χ3n) is 12.2. The molecule has 4 aliphatic heterocycles. The molecule has 4 fully saturated rings. The molecule has 2 aromatic heterocycles. The van der Waals surface area contributed by atoms with Gasteiger partial charge in [0.05, 0.1) is 29.1 Å². The van der Waals surface area contributed by atoms with Crippen molar-refractivity contribution in [3.63, 3.8) is 0 Å². The number of aromatic nitrogens is 2. The van der Waals surface area contributed by atoms with Crippen LogP contribution in [0.1, 0.15) is 67.1 Å². The Balaban J connectivity index is 0.787. The van der Waals surface area contributed by atoms with Gasteiger partial charge in [-0.3, -0.25) is 9.69 Å². The third kappa shape index (κ3) is 10.4. The smallest absolute Gasteiger partial charge is 0.371 e. The van der Waals surface area contributed by atoms with Gasteiger partial charge >= 0.3 is 12.1 Å². The SMILES string of the molecule is C[C@@H]1CN(CC2CCN(OC(=O)c3ccccn3)CC2)CCN1CC1CCN(c2ccc(NC(=O)C3CCN(c4ccc(C#N)c(C(F)(F)F)c4)CC3)nc2)CC1. The lowest BCUT2D eigenvalue weighted by molar-refractivity contribution is -0.137. The highest BCUT2D eigenvalue weighted by molar-refractivity contribution is 5.92. The molecule has 1 amide bonds. The molecule has 0 radical (unpaired) electrons. The molecule has 12 nitrogen and oxygen atoms in total. The van der Waals surface area contributed by atoms with Crippen LogP contribution >= 0.6 is 0 Å². The molecule has 0 spiro atoms. The largest absolute Gasteiger partial charge is 0.417 e. The molecule has 7 rings (SSSR count). The van der Waals surface area contributed by atoms with Gasteiger partial charge in [-0.1, -0.05) is 6.07 Å². The number of benzene rings is 1. The van der Waals surface area contributed by atoms with Crippen molar-refractivity contribution in [3.05, 3.63) is 77.7 Å². The van der Waals surface area contributed by atoms with Crippen molar-refractivity contribution in [2.45, 2.75) is 57.7 Å². The number of pyridine rings is 2. The number of carbonyl (C=O) groups excluding carboxylic acids is 2. The Morgan fingerprint density at radius 2 is 1.53 bits per heavy atom. The maximum atomic E-state index is 13.5. The summed E-state index contributed by atoms with van der Waals surface area (Å²) >= 11 is 0. The van der Waals surface area contributed by atoms with Gasteiger partial charge in [-0.05, 0) is 99.7 Å². The van der Waals surface area contributed by atoms with E-state index in [2.05, 4.69) is 36.9 Å². The van der Waals surface area contributed by atoms with Gasteiger partial charge in [-0.25, -0.2) is 14.8 Å². The van der Waals surface area contributed by atoms with Gasteiger partial charge in [0, 0.05) is 95.8 Å². The number of alkyl halides is 3. The topological polar surface area (TPSA) is 121 Å². The third-order valence-corrected chi connectivity index (χ3v) is 12.2. The number of halogens is 3. The Morgan fingerprint density at radius 1 is 0.842 bits per heavy atom. The van der Waals surface area contributed by atoms with Gasteiger partial charge in [-0.2, -0.15) is 18.4 Å². The molecule has 4 saturated heterocycles. The van der Waals surface area contributed by atoms with Crippen LogP contribution in [-0.2, 0) is 15.8 Å². The van der Waals surface area contributed by atoms with E-state index in [1.807, 2.05) is 23.2 Å². The predicted octanol–water partition coefficient (Wildman–Crippen LogP) is 5.93. The van der Waals surface area contributed by atoms with Gasteiger partial charge < -0.3 is 24.9 Å². The Morgan fingerprint density at radius 3 is 2.18 bits per heavy atom. The van der Waals surface area contributed by atoms with E-state index in [-0.39, 0.29) is 11.8 Å². The summed E-state index contributed by atoms with van der Waals surface area (Å²) < 4.78 is 40.4. The van der Waals surface area contributed by atoms with E-state index in [0.29, 0.717) is 61.0 Å². The number of amides is 1. The first kappa shape index (κ1) is 40.4. The fourth-order valence-electron chi connectivity index (χ4n) is 8.75. The van der Waals surface area contributed by atoms with Gasteiger partial charge in [0.1, 0.15) is 11.5 Å². The number of hydrogen-bond donors (Lipinski definition) is 1. The van der Waals surface area contributed by atoms with Gasteiger partial charge in [0.25, 0.3) is 0 Å². The van der Waals surface area contributed by atoms with Crippen molar-refractivity contribution < 1.29 is 27.6 Å². The number of anilines is 3. The van der Waals surface area contributed by atoms with Crippen molar-refractivity contribution in [3.8, 4) is 6.07 Å². The highest BCUT2D eigenvalue weighted by Crippen LogP contribution is 2.36. The number of hydroxylamine groups is 2. The van der Waals surface area contributed by atoms with Crippen LogP contribution in [0.5, 0.6) is 0 Å². The number of rotatable bonds is 10. The second-order valence-electron chi connectivity index (χ2n) is 16.0. The summed E-state index contributed by atoms with van der Waals surface area (Å²) in [4.78, 5) is 49.1. The molecule has 0 saturated carbocycles. The highest BCUT2D eigenvalue weighted by Gasteiger charge is 2.35. The lowest BCUT2D eigenvalue weighted by atomic mass is 9.94. The second kappa shape index (κ2) is 18.2. The van der Waals surface area contributed by atoms with Crippen LogP contribution in [-0.4, -0.2) is 115 Å². The maximum Gasteiger partial charge on any atom is 0.417 e. The number of nitriles is 1. The zero-order chi connectivity index (χ0) is 39.9. The van der Waals surface area contributed by atoms with E-state index in [9.17, 15) is 22.8 Å². The van der Waals surface area contributed by atoms with Crippen molar-refractivity contribution in [1.29, 1.82) is 5.26 Å². The molecule has 15 heteroatoms. The molecule has 304 valence electrons. The Hall–Kier alpha value is -4.78. The van der Waals surface area contributed by atoms with Crippen LogP contribution in [0.2, 0.25) is 0 Å². The first-order chi connectivity index (χ1) is 27.5. The fourth-order valence-corrected chi connectivity index (χ4v) is 8.75. The van der Waals surface area contributed by atoms with Crippen molar-refractivity contribution in [2.24, 2.45) is 17.8 Å². The van der Waals surface area contributed by atoms with Gasteiger partial charge in [-0.15, -0.1) is 5.06 Å². The summed E-state index contributed by atoms with van der Waals surface area (Å²) in [5.41, 5.74) is 0.441. The van der Waals surface area contributed by atoms with E-state index < -0.39 is 23.3 Å². The summed E-state index contributed by atoms with van der Waals surface area (Å²) in [6.45, 7) is 12.1. The summed E-state index contributed by atoms with van der Waals surface area (Å²) in [6, 6.07) is 15.0. The first-order valence-electron chi connectivity index (χ1n) is 20.2. The summed E-state index contributed by atoms with van der Waals surface area (Å²) in [5, 5.41) is 13.8. The van der Waals surface area contributed by atoms with Crippen LogP contribution in [0.3, 0.4) is 0 Å². The lowest BCUT2D eigenvalue weighted by Gasteiger charge is -2.44. The van der Waals surface area contributed by atoms with Crippen LogP contribution in [0, 0.1) is 29.1 Å². The van der Waals surface area contributed by atoms with Crippen LogP contribution in [0.4, 0.5) is 30.4 Å². The maximum absolute atomic E-state index is 13.5. The second-order valence-corrected chi connectivity index (χ2v) is 16.0. The van der Waals surface area contributed by atoms with Crippen molar-refractivity contribution >= 4 is 29.1 Å². The normalized spacial score (nSPS) is 21.3. The number of carbonyl (C=O) groups is 2. The molecule has 1 N–H and O–H groups in total. The summed E-state index contributed by atoms with van der Waals surface area (Å²) in [5.74, 6) is 0.942. The van der Waals surface area contributed by atoms with Crippen LogP contribution < -0.4 is 15.1 Å². The zero-order valence-electron chi connectivity index (χ0n) is 32.5. The summed E-state index contributed by atoms with van der Waals surface area (Å²) in [7, 11) is 0. The van der Waals surface area contributed by atoms with Gasteiger partial charge in [0.15, 0.2) is 0 Å². The molecule has 1 atom stereocenters. The van der Waals surface area contributed by atoms with Crippen LogP contribution in [0.15, 0.2) is 60.9 Å². The molecule has 0 unspecified atom stereocenters. The van der Waals surface area contributed by atoms with E-state index >= 15 is 0 Å². The minimum absolute atomic E-state index is 0.135. The highest BCUT2D eigenvalue weighted by atomic mass is 19.4. The molecule has 4 aliphatic rings. The zero-order valence-corrected chi connectivity index (χ0v) is 32.5. The molecule has 57 heavy (non-hydrogen) atoms. The lowest BCUT2D eigenvalue weighted by Crippen LogP contribution is -2.54. The van der Waals surface area contributed by atoms with Crippen molar-refractivity contribution in [1.82, 2.24) is 24.8 Å². The molecule has 0 aliphatic carbocycles. The van der Waals surface area contributed by atoms with Crippen molar-refractivity contribution in [2.75, 3.05) is 87.1 Å². The van der Waals surface area contributed by atoms with E-state index in [1.54, 1.807) is 35.5 Å². The Bertz CT molecular complexity index is 1850. The number of hydrogen-bond acceptors (Lipinski definition) is 11. The standard InChI is InChI=1S/C42H52F3N9O3/c1-30-27-50(28-31-11-20-54(21-12-31)57-41(56)38-4-2-3-15-47-38)22-23-53(30)29-32-9-16-52(17-10-32)36-7-8-39(48-26-36)49-40(55)33-13-18-51(19-14-33)35-6-5-34(25-46)37(24-35)42(43,44)45/h2-8,15,24,26,30-33H,9-14,16-23,27-29H2,1H3,(H,48,49,55)/t30-/m1/s1. The number of piperazine rings is 1. The molecular formula is C42H52F3N9O3. The van der Waals surface area contributed by atoms with E-state index in [0.717, 1.165) is 96.3 Å². The molecule has 3 aromatic rings. The number of piperidine rings is 3. The fraction of sp³-hybridized carbons (Fsp3) is 0.548. The molecule has 0 bridgehead atoms.